The van der Waals surface area contributed by atoms with E-state index in [-0.39, 0.29) is 23.7 Å². The van der Waals surface area contributed by atoms with Crippen LogP contribution in [0.15, 0.2) is 33.7 Å². The molecule has 0 aliphatic heterocycles. The Kier molecular flexibility index (Phi) is 2.91. The number of anilines is 1. The van der Waals surface area contributed by atoms with Crippen LogP contribution >= 0.6 is 0 Å². The topological polar surface area (TPSA) is 108 Å². The summed E-state index contributed by atoms with van der Waals surface area (Å²) in [6.45, 7) is 0.188. The van der Waals surface area contributed by atoms with Gasteiger partial charge in [-0.2, -0.15) is 0 Å². The number of aromatic carboxylic acids is 1. The summed E-state index contributed by atoms with van der Waals surface area (Å²) >= 11 is 0. The van der Waals surface area contributed by atoms with Gasteiger partial charge >= 0.3 is 5.97 Å². The van der Waals surface area contributed by atoms with Gasteiger partial charge in [0.1, 0.15) is 5.76 Å². The zero-order valence-corrected chi connectivity index (χ0v) is 8.64. The number of carboxylic acids is 1. The number of hydrogen-bond acceptors (Lipinski definition) is 5. The molecule has 0 aliphatic rings. The number of carbonyl (C=O) groups is 1. The van der Waals surface area contributed by atoms with Crippen LogP contribution in [0.1, 0.15) is 16.3 Å². The van der Waals surface area contributed by atoms with Crippen LogP contribution in [0.2, 0.25) is 0 Å². The lowest BCUT2D eigenvalue weighted by Gasteiger charge is -2.00. The quantitative estimate of drug-likeness (QED) is 0.718. The third-order valence-electron chi connectivity index (χ3n) is 2.01. The lowest BCUT2D eigenvalue weighted by molar-refractivity contribution is 0.0660. The van der Waals surface area contributed by atoms with Gasteiger partial charge in [-0.3, -0.25) is 4.79 Å². The smallest absolute Gasteiger partial charge is 0.371 e. The van der Waals surface area contributed by atoms with Gasteiger partial charge in [-0.25, -0.2) is 9.78 Å². The first-order valence-corrected chi connectivity index (χ1v) is 4.76. The Morgan fingerprint density at radius 2 is 2.35 bits per heavy atom. The number of aromatic amines is 1. The van der Waals surface area contributed by atoms with E-state index < -0.39 is 5.97 Å². The van der Waals surface area contributed by atoms with Crippen molar-refractivity contribution in [3.05, 3.63) is 46.4 Å². The number of carboxylic acid groups (broad SMARTS) is 1. The maximum atomic E-state index is 11.2. The predicted octanol–water partition coefficient (Wildman–Crippen LogP) is 0.673. The van der Waals surface area contributed by atoms with E-state index in [2.05, 4.69) is 15.3 Å². The minimum absolute atomic E-state index is 0.142. The van der Waals surface area contributed by atoms with Crippen molar-refractivity contribution in [2.75, 3.05) is 5.32 Å². The molecule has 7 heteroatoms. The molecule has 0 bridgehead atoms. The molecule has 7 nitrogen and oxygen atoms in total. The van der Waals surface area contributed by atoms with E-state index in [1.165, 1.54) is 24.5 Å². The molecule has 0 radical (unpaired) electrons. The highest BCUT2D eigenvalue weighted by molar-refractivity contribution is 5.84. The zero-order valence-electron chi connectivity index (χ0n) is 8.64. The summed E-state index contributed by atoms with van der Waals surface area (Å²) in [4.78, 5) is 28.1. The number of aromatic nitrogens is 2. The lowest BCUT2D eigenvalue weighted by atomic mass is 10.4. The van der Waals surface area contributed by atoms with Crippen LogP contribution in [0.25, 0.3) is 0 Å². The molecule has 17 heavy (non-hydrogen) atoms. The summed E-state index contributed by atoms with van der Waals surface area (Å²) in [6.07, 6.45) is 2.86. The van der Waals surface area contributed by atoms with Gasteiger partial charge in [0.05, 0.1) is 6.54 Å². The second-order valence-electron chi connectivity index (χ2n) is 3.19. The average Bonchev–Trinajstić information content (AvgIpc) is 2.77. The second-order valence-corrected chi connectivity index (χ2v) is 3.19. The first-order chi connectivity index (χ1) is 8.16. The number of H-pyrrole nitrogens is 1. The van der Waals surface area contributed by atoms with Crippen LogP contribution in [0.3, 0.4) is 0 Å². The van der Waals surface area contributed by atoms with Crippen LogP contribution in [-0.4, -0.2) is 21.0 Å². The molecule has 0 saturated heterocycles. The third kappa shape index (κ3) is 2.51. The van der Waals surface area contributed by atoms with Gasteiger partial charge in [-0.15, -0.1) is 0 Å². The maximum absolute atomic E-state index is 11.2. The largest absolute Gasteiger partial charge is 0.475 e. The van der Waals surface area contributed by atoms with Gasteiger partial charge in [0.25, 0.3) is 5.56 Å². The van der Waals surface area contributed by atoms with E-state index >= 15 is 0 Å². The van der Waals surface area contributed by atoms with E-state index in [4.69, 9.17) is 9.52 Å². The molecule has 2 aromatic heterocycles. The van der Waals surface area contributed by atoms with Gasteiger partial charge in [0, 0.05) is 12.4 Å². The first-order valence-electron chi connectivity index (χ1n) is 4.76. The fourth-order valence-electron chi connectivity index (χ4n) is 1.24. The van der Waals surface area contributed by atoms with E-state index in [1.54, 1.807) is 0 Å². The second kappa shape index (κ2) is 4.52. The number of furan rings is 1. The van der Waals surface area contributed by atoms with E-state index in [0.29, 0.717) is 5.76 Å². The molecule has 0 atom stereocenters. The summed E-state index contributed by atoms with van der Waals surface area (Å²) in [5.41, 5.74) is -0.350. The minimum atomic E-state index is -1.13. The summed E-state index contributed by atoms with van der Waals surface area (Å²) < 4.78 is 5.00. The van der Waals surface area contributed by atoms with Crippen LogP contribution in [0, 0.1) is 0 Å². The number of rotatable bonds is 4. The Morgan fingerprint density at radius 1 is 1.53 bits per heavy atom. The minimum Gasteiger partial charge on any atom is -0.475 e. The van der Waals surface area contributed by atoms with Crippen LogP contribution in [0.5, 0.6) is 0 Å². The summed E-state index contributed by atoms with van der Waals surface area (Å²) in [5.74, 6) is -0.711. The van der Waals surface area contributed by atoms with Gasteiger partial charge in [-0.05, 0) is 12.1 Å². The standard InChI is InChI=1S/C10H9N3O4/c14-9-8(11-3-4-12-9)13-5-6-1-2-7(17-6)10(15)16/h1-4H,5H2,(H,11,13)(H,12,14)(H,15,16). The van der Waals surface area contributed by atoms with Crippen molar-refractivity contribution < 1.29 is 14.3 Å². The van der Waals surface area contributed by atoms with Gasteiger partial charge in [0.2, 0.25) is 5.76 Å². The Morgan fingerprint density at radius 3 is 3.00 bits per heavy atom. The molecular weight excluding hydrogens is 226 g/mol. The number of nitrogens with zero attached hydrogens (tertiary/aromatic N) is 1. The highest BCUT2D eigenvalue weighted by Gasteiger charge is 2.09. The molecule has 0 saturated carbocycles. The summed E-state index contributed by atoms with van der Waals surface area (Å²) in [7, 11) is 0. The molecule has 3 N–H and O–H groups in total. The normalized spacial score (nSPS) is 10.1. The van der Waals surface area contributed by atoms with Gasteiger partial charge in [0.15, 0.2) is 5.82 Å². The number of nitrogens with one attached hydrogen (secondary N) is 2. The number of hydrogen-bond donors (Lipinski definition) is 3. The molecule has 0 spiro atoms. The Balaban J connectivity index is 2.05. The first kappa shape index (κ1) is 10.9. The molecule has 0 aliphatic carbocycles. The van der Waals surface area contributed by atoms with Crippen molar-refractivity contribution in [2.45, 2.75) is 6.54 Å². The predicted molar refractivity (Wildman–Crippen MR) is 57.9 cm³/mol. The molecule has 0 fully saturated rings. The van der Waals surface area contributed by atoms with Crippen LogP contribution in [0.4, 0.5) is 5.82 Å². The fraction of sp³-hybridized carbons (Fsp3) is 0.100. The summed E-state index contributed by atoms with van der Waals surface area (Å²) in [6, 6.07) is 2.87. The molecule has 2 heterocycles. The highest BCUT2D eigenvalue weighted by atomic mass is 16.4. The van der Waals surface area contributed by atoms with Crippen molar-refractivity contribution in [3.63, 3.8) is 0 Å². The molecule has 0 unspecified atom stereocenters. The average molecular weight is 235 g/mol. The van der Waals surface area contributed by atoms with Crippen molar-refractivity contribution in [1.29, 1.82) is 0 Å². The van der Waals surface area contributed by atoms with E-state index in [9.17, 15) is 9.59 Å². The van der Waals surface area contributed by atoms with Crippen molar-refractivity contribution in [3.8, 4) is 0 Å². The molecule has 2 rings (SSSR count). The Bertz CT molecular complexity index is 587. The Labute approximate surface area is 95.1 Å². The van der Waals surface area contributed by atoms with E-state index in [1.807, 2.05) is 0 Å². The van der Waals surface area contributed by atoms with Gasteiger partial charge < -0.3 is 19.8 Å². The molecule has 0 amide bonds. The molecule has 88 valence electrons. The maximum Gasteiger partial charge on any atom is 0.371 e. The molecule has 2 aromatic rings. The fourth-order valence-corrected chi connectivity index (χ4v) is 1.24. The van der Waals surface area contributed by atoms with E-state index in [0.717, 1.165) is 0 Å². The van der Waals surface area contributed by atoms with Crippen LogP contribution < -0.4 is 10.9 Å². The van der Waals surface area contributed by atoms with Crippen molar-refractivity contribution in [1.82, 2.24) is 9.97 Å². The molecular formula is C10H9N3O4. The SMILES string of the molecule is O=C(O)c1ccc(CNc2ncc[nH]c2=O)o1. The highest BCUT2D eigenvalue weighted by Crippen LogP contribution is 2.08. The molecule has 0 aromatic carbocycles. The lowest BCUT2D eigenvalue weighted by Crippen LogP contribution is -2.14. The monoisotopic (exact) mass is 235 g/mol. The van der Waals surface area contributed by atoms with Gasteiger partial charge in [-0.1, -0.05) is 0 Å². The zero-order chi connectivity index (χ0) is 12.3. The summed E-state index contributed by atoms with van der Waals surface area (Å²) in [5, 5.41) is 11.4. The van der Waals surface area contributed by atoms with Crippen molar-refractivity contribution >= 4 is 11.8 Å². The van der Waals surface area contributed by atoms with Crippen molar-refractivity contribution in [2.24, 2.45) is 0 Å². The van der Waals surface area contributed by atoms with Crippen LogP contribution in [-0.2, 0) is 6.54 Å². The Hall–Kier alpha value is -2.57. The third-order valence-corrected chi connectivity index (χ3v) is 2.01.